The molecule has 1 aromatic rings. The number of nitrogens with two attached hydrogens (primary N) is 1. The summed E-state index contributed by atoms with van der Waals surface area (Å²) < 4.78 is 5.34. The van der Waals surface area contributed by atoms with Crippen LogP contribution in [0.2, 0.25) is 0 Å². The molecule has 0 aliphatic carbocycles. The molecule has 4 heteroatoms. The molecule has 0 fully saturated rings. The van der Waals surface area contributed by atoms with Gasteiger partial charge in [0.25, 0.3) is 5.91 Å². The third-order valence-electron chi connectivity index (χ3n) is 1.94. The molecule has 2 rings (SSSR count). The molecule has 0 aromatic carbocycles. The summed E-state index contributed by atoms with van der Waals surface area (Å²) >= 11 is 0. The van der Waals surface area contributed by atoms with Gasteiger partial charge in [0.05, 0.1) is 12.1 Å². The molecule has 0 spiro atoms. The summed E-state index contributed by atoms with van der Waals surface area (Å²) in [6, 6.07) is 1.71. The molecule has 0 saturated heterocycles. The van der Waals surface area contributed by atoms with E-state index in [0.717, 1.165) is 12.2 Å². The Bertz CT molecular complexity index is 317. The van der Waals surface area contributed by atoms with Crippen molar-refractivity contribution in [2.75, 3.05) is 6.54 Å². The van der Waals surface area contributed by atoms with Crippen LogP contribution in [0.3, 0.4) is 0 Å². The van der Waals surface area contributed by atoms with E-state index >= 15 is 0 Å². The van der Waals surface area contributed by atoms with Gasteiger partial charge in [0.2, 0.25) is 0 Å². The number of amides is 1. The summed E-state index contributed by atoms with van der Waals surface area (Å²) in [5.41, 5.74) is 6.02. The maximum Gasteiger partial charge on any atom is 0.254 e. The Balaban J connectivity index is 2.43. The Morgan fingerprint density at radius 1 is 1.67 bits per heavy atom. The molecular formula is C8H10N2O2. The first-order valence-electron chi connectivity index (χ1n) is 3.91. The average Bonchev–Trinajstić information content (AvgIpc) is 2.49. The average molecular weight is 166 g/mol. The zero-order chi connectivity index (χ0) is 8.55. The van der Waals surface area contributed by atoms with Gasteiger partial charge in [-0.05, 0) is 6.07 Å². The summed E-state index contributed by atoms with van der Waals surface area (Å²) in [5.74, 6) is 1.39. The molecule has 0 unspecified atom stereocenters. The fraction of sp³-hybridized carbons (Fsp3) is 0.375. The van der Waals surface area contributed by atoms with Crippen molar-refractivity contribution < 1.29 is 9.21 Å². The van der Waals surface area contributed by atoms with Crippen LogP contribution in [0, 0.1) is 0 Å². The molecule has 12 heavy (non-hydrogen) atoms. The molecule has 0 atom stereocenters. The van der Waals surface area contributed by atoms with E-state index in [1.54, 1.807) is 6.07 Å². The van der Waals surface area contributed by atoms with Crippen molar-refractivity contribution in [2.45, 2.75) is 13.0 Å². The normalized spacial score (nSPS) is 15.6. The Hall–Kier alpha value is -1.29. The highest BCUT2D eigenvalue weighted by Crippen LogP contribution is 2.18. The van der Waals surface area contributed by atoms with E-state index in [9.17, 15) is 4.79 Å². The largest absolute Gasteiger partial charge is 0.464 e. The first-order valence-corrected chi connectivity index (χ1v) is 3.91. The van der Waals surface area contributed by atoms with E-state index in [0.29, 0.717) is 24.4 Å². The van der Waals surface area contributed by atoms with E-state index < -0.39 is 0 Å². The van der Waals surface area contributed by atoms with Crippen molar-refractivity contribution in [2.24, 2.45) is 5.73 Å². The standard InChI is InChI=1S/C8H10N2O2/c9-4-5-3-6-7(12-5)1-2-10-8(6)11/h3H,1-2,4,9H2,(H,10,11). The topological polar surface area (TPSA) is 68.3 Å². The predicted octanol–water partition coefficient (Wildman–Crippen LogP) is 0.0242. The van der Waals surface area contributed by atoms with E-state index in [2.05, 4.69) is 5.32 Å². The highest BCUT2D eigenvalue weighted by molar-refractivity contribution is 5.96. The van der Waals surface area contributed by atoms with Crippen LogP contribution in [0.4, 0.5) is 0 Å². The zero-order valence-corrected chi connectivity index (χ0v) is 6.59. The second kappa shape index (κ2) is 2.64. The van der Waals surface area contributed by atoms with Crippen LogP contribution in [0.15, 0.2) is 10.5 Å². The second-order valence-electron chi connectivity index (χ2n) is 2.76. The Kier molecular flexibility index (Phi) is 1.62. The molecule has 1 aromatic heterocycles. The predicted molar refractivity (Wildman–Crippen MR) is 42.6 cm³/mol. The summed E-state index contributed by atoms with van der Waals surface area (Å²) in [6.07, 6.45) is 0.765. The highest BCUT2D eigenvalue weighted by atomic mass is 16.3. The van der Waals surface area contributed by atoms with Crippen molar-refractivity contribution >= 4 is 5.91 Å². The maximum atomic E-state index is 11.2. The lowest BCUT2D eigenvalue weighted by Crippen LogP contribution is -2.30. The quantitative estimate of drug-likeness (QED) is 0.618. The van der Waals surface area contributed by atoms with Crippen molar-refractivity contribution in [3.05, 3.63) is 23.2 Å². The van der Waals surface area contributed by atoms with E-state index in [-0.39, 0.29) is 5.91 Å². The van der Waals surface area contributed by atoms with E-state index in [1.807, 2.05) is 0 Å². The molecule has 3 N–H and O–H groups in total. The first kappa shape index (κ1) is 7.36. The van der Waals surface area contributed by atoms with Crippen LogP contribution in [0.1, 0.15) is 21.9 Å². The molecule has 2 heterocycles. The van der Waals surface area contributed by atoms with Gasteiger partial charge >= 0.3 is 0 Å². The lowest BCUT2D eigenvalue weighted by molar-refractivity contribution is 0.0943. The number of hydrogen-bond donors (Lipinski definition) is 2. The minimum absolute atomic E-state index is 0.0558. The van der Waals surface area contributed by atoms with Gasteiger partial charge in [-0.15, -0.1) is 0 Å². The molecule has 64 valence electrons. The Morgan fingerprint density at radius 3 is 3.17 bits per heavy atom. The van der Waals surface area contributed by atoms with Crippen LogP contribution in [0.25, 0.3) is 0 Å². The van der Waals surface area contributed by atoms with Gasteiger partial charge in [-0.3, -0.25) is 4.79 Å². The molecule has 0 saturated carbocycles. The number of fused-ring (bicyclic) bond motifs is 1. The van der Waals surface area contributed by atoms with Crippen molar-refractivity contribution in [3.63, 3.8) is 0 Å². The molecule has 0 bridgehead atoms. The van der Waals surface area contributed by atoms with Gasteiger partial charge in [-0.25, -0.2) is 0 Å². The molecule has 4 nitrogen and oxygen atoms in total. The minimum Gasteiger partial charge on any atom is -0.464 e. The summed E-state index contributed by atoms with van der Waals surface area (Å²) in [5, 5.41) is 2.74. The first-order chi connectivity index (χ1) is 5.81. The Morgan fingerprint density at radius 2 is 2.50 bits per heavy atom. The fourth-order valence-electron chi connectivity index (χ4n) is 1.35. The fourth-order valence-corrected chi connectivity index (χ4v) is 1.35. The summed E-state index contributed by atoms with van der Waals surface area (Å²) in [6.45, 7) is 1.00. The summed E-state index contributed by atoms with van der Waals surface area (Å²) in [4.78, 5) is 11.2. The number of carbonyl (C=O) groups excluding carboxylic acids is 1. The van der Waals surface area contributed by atoms with Crippen LogP contribution in [-0.2, 0) is 13.0 Å². The van der Waals surface area contributed by atoms with Crippen molar-refractivity contribution in [1.29, 1.82) is 0 Å². The van der Waals surface area contributed by atoms with Gasteiger partial charge in [-0.1, -0.05) is 0 Å². The lowest BCUT2D eigenvalue weighted by Gasteiger charge is -2.09. The van der Waals surface area contributed by atoms with Gasteiger partial charge in [0.1, 0.15) is 11.5 Å². The second-order valence-corrected chi connectivity index (χ2v) is 2.76. The smallest absolute Gasteiger partial charge is 0.254 e. The van der Waals surface area contributed by atoms with Crippen LogP contribution in [0.5, 0.6) is 0 Å². The zero-order valence-electron chi connectivity index (χ0n) is 6.59. The molecule has 1 aliphatic rings. The van der Waals surface area contributed by atoms with Crippen LogP contribution in [-0.4, -0.2) is 12.5 Å². The van der Waals surface area contributed by atoms with E-state index in [1.165, 1.54) is 0 Å². The monoisotopic (exact) mass is 166 g/mol. The molecular weight excluding hydrogens is 156 g/mol. The molecule has 1 aliphatic heterocycles. The van der Waals surface area contributed by atoms with Gasteiger partial charge in [0, 0.05) is 13.0 Å². The summed E-state index contributed by atoms with van der Waals surface area (Å²) in [7, 11) is 0. The molecule has 0 radical (unpaired) electrons. The number of carbonyl (C=O) groups is 1. The van der Waals surface area contributed by atoms with Crippen LogP contribution < -0.4 is 11.1 Å². The SMILES string of the molecule is NCc1cc2c(o1)CCNC2=O. The highest BCUT2D eigenvalue weighted by Gasteiger charge is 2.20. The van der Waals surface area contributed by atoms with Gasteiger partial charge in [-0.2, -0.15) is 0 Å². The number of hydrogen-bond acceptors (Lipinski definition) is 3. The Labute approximate surface area is 69.7 Å². The number of furan rings is 1. The van der Waals surface area contributed by atoms with Gasteiger partial charge < -0.3 is 15.5 Å². The third-order valence-corrected chi connectivity index (χ3v) is 1.94. The number of rotatable bonds is 1. The van der Waals surface area contributed by atoms with Gasteiger partial charge in [0.15, 0.2) is 0 Å². The number of nitrogens with one attached hydrogen (secondary N) is 1. The minimum atomic E-state index is -0.0558. The maximum absolute atomic E-state index is 11.2. The lowest BCUT2D eigenvalue weighted by atomic mass is 10.1. The third kappa shape index (κ3) is 1.00. The molecule has 1 amide bonds. The van der Waals surface area contributed by atoms with E-state index in [4.69, 9.17) is 10.2 Å². The van der Waals surface area contributed by atoms with Crippen molar-refractivity contribution in [1.82, 2.24) is 5.32 Å². The van der Waals surface area contributed by atoms with Crippen molar-refractivity contribution in [3.8, 4) is 0 Å². The van der Waals surface area contributed by atoms with Crippen LogP contribution >= 0.6 is 0 Å².